The highest BCUT2D eigenvalue weighted by molar-refractivity contribution is 4.87. The fourth-order valence-electron chi connectivity index (χ4n) is 2.55. The predicted octanol–water partition coefficient (Wildman–Crippen LogP) is 0.883. The third-order valence-corrected chi connectivity index (χ3v) is 3.40. The molecule has 3 atom stereocenters. The molecule has 0 heterocycles. The van der Waals surface area contributed by atoms with Crippen molar-refractivity contribution in [2.24, 2.45) is 0 Å². The minimum absolute atomic E-state index is 0.184. The summed E-state index contributed by atoms with van der Waals surface area (Å²) in [7, 11) is 3.43. The molecule has 0 spiro atoms. The molecule has 0 radical (unpaired) electrons. The van der Waals surface area contributed by atoms with Gasteiger partial charge in [0, 0.05) is 32.8 Å². The van der Waals surface area contributed by atoms with Gasteiger partial charge in [0.25, 0.3) is 0 Å². The summed E-state index contributed by atoms with van der Waals surface area (Å²) < 4.78 is 10.3. The average molecular weight is 231 g/mol. The Kier molecular flexibility index (Phi) is 6.28. The van der Waals surface area contributed by atoms with Gasteiger partial charge in [0.15, 0.2) is 0 Å². The maximum Gasteiger partial charge on any atom is 0.0695 e. The zero-order valence-corrected chi connectivity index (χ0v) is 10.7. The molecule has 1 fully saturated rings. The molecule has 4 heteroatoms. The van der Waals surface area contributed by atoms with Crippen LogP contribution in [0.2, 0.25) is 0 Å². The van der Waals surface area contributed by atoms with Crippen LogP contribution in [0.25, 0.3) is 0 Å². The van der Waals surface area contributed by atoms with Crippen LogP contribution in [0.15, 0.2) is 0 Å². The number of methoxy groups -OCH3 is 2. The fourth-order valence-corrected chi connectivity index (χ4v) is 2.55. The second-order valence-corrected chi connectivity index (χ2v) is 4.60. The Labute approximate surface area is 98.5 Å². The molecule has 0 aromatic rings. The minimum Gasteiger partial charge on any atom is -0.391 e. The Morgan fingerprint density at radius 3 is 2.56 bits per heavy atom. The van der Waals surface area contributed by atoms with Crippen molar-refractivity contribution in [2.75, 3.05) is 34.0 Å². The summed E-state index contributed by atoms with van der Waals surface area (Å²) in [6.07, 6.45) is 2.94. The lowest BCUT2D eigenvalue weighted by molar-refractivity contribution is 0.00628. The molecule has 0 aromatic carbocycles. The van der Waals surface area contributed by atoms with Crippen molar-refractivity contribution < 1.29 is 14.6 Å². The van der Waals surface area contributed by atoms with Gasteiger partial charge in [0.2, 0.25) is 0 Å². The van der Waals surface area contributed by atoms with Crippen LogP contribution in [0.4, 0.5) is 0 Å². The monoisotopic (exact) mass is 231 g/mol. The Hall–Kier alpha value is -0.160. The van der Waals surface area contributed by atoms with Crippen molar-refractivity contribution in [1.29, 1.82) is 0 Å². The largest absolute Gasteiger partial charge is 0.391 e. The summed E-state index contributed by atoms with van der Waals surface area (Å²) in [6, 6.07) is 0.609. The molecule has 1 aliphatic rings. The van der Waals surface area contributed by atoms with E-state index in [1.807, 2.05) is 0 Å². The summed E-state index contributed by atoms with van der Waals surface area (Å²) >= 11 is 0. The van der Waals surface area contributed by atoms with Gasteiger partial charge in [0.1, 0.15) is 0 Å². The maximum absolute atomic E-state index is 9.95. The normalized spacial score (nSPS) is 27.6. The molecule has 0 bridgehead atoms. The van der Waals surface area contributed by atoms with E-state index in [1.54, 1.807) is 14.2 Å². The molecule has 1 saturated carbocycles. The van der Waals surface area contributed by atoms with Crippen LogP contribution in [0.3, 0.4) is 0 Å². The lowest BCUT2D eigenvalue weighted by Gasteiger charge is -2.35. The van der Waals surface area contributed by atoms with E-state index in [4.69, 9.17) is 9.47 Å². The van der Waals surface area contributed by atoms with E-state index < -0.39 is 0 Å². The van der Waals surface area contributed by atoms with Crippen molar-refractivity contribution in [3.63, 3.8) is 0 Å². The highest BCUT2D eigenvalue weighted by atomic mass is 16.5. The van der Waals surface area contributed by atoms with Gasteiger partial charge in [-0.2, -0.15) is 0 Å². The van der Waals surface area contributed by atoms with Crippen LogP contribution < -0.4 is 0 Å². The number of ether oxygens (including phenoxy) is 2. The lowest BCUT2D eigenvalue weighted by Crippen LogP contribution is -2.48. The zero-order valence-electron chi connectivity index (χ0n) is 10.7. The minimum atomic E-state index is -0.184. The van der Waals surface area contributed by atoms with Gasteiger partial charge >= 0.3 is 0 Å². The van der Waals surface area contributed by atoms with E-state index in [0.29, 0.717) is 19.3 Å². The van der Waals surface area contributed by atoms with E-state index in [0.717, 1.165) is 25.8 Å². The van der Waals surface area contributed by atoms with Gasteiger partial charge in [-0.05, 0) is 26.2 Å². The van der Waals surface area contributed by atoms with Crippen molar-refractivity contribution in [1.82, 2.24) is 4.90 Å². The summed E-state index contributed by atoms with van der Waals surface area (Å²) in [4.78, 5) is 2.32. The summed E-state index contributed by atoms with van der Waals surface area (Å²) in [5.41, 5.74) is 0. The second-order valence-electron chi connectivity index (χ2n) is 4.60. The summed E-state index contributed by atoms with van der Waals surface area (Å²) in [6.45, 7) is 4.41. The van der Waals surface area contributed by atoms with E-state index in [2.05, 4.69) is 11.8 Å². The van der Waals surface area contributed by atoms with Gasteiger partial charge in [-0.25, -0.2) is 0 Å². The molecular weight excluding hydrogens is 206 g/mol. The number of aliphatic hydroxyl groups is 1. The predicted molar refractivity (Wildman–Crippen MR) is 63.6 cm³/mol. The SMILES string of the molecule is COCCN(C(C)COC)[C@H]1CCC[C@@H]1O. The highest BCUT2D eigenvalue weighted by Gasteiger charge is 2.32. The average Bonchev–Trinajstić information content (AvgIpc) is 2.66. The van der Waals surface area contributed by atoms with Crippen molar-refractivity contribution in [2.45, 2.75) is 44.4 Å². The van der Waals surface area contributed by atoms with Crippen LogP contribution in [0, 0.1) is 0 Å². The van der Waals surface area contributed by atoms with Crippen LogP contribution in [0.1, 0.15) is 26.2 Å². The smallest absolute Gasteiger partial charge is 0.0695 e. The Bertz CT molecular complexity index is 189. The zero-order chi connectivity index (χ0) is 12.0. The maximum atomic E-state index is 9.95. The van der Waals surface area contributed by atoms with Gasteiger partial charge in [0.05, 0.1) is 19.3 Å². The van der Waals surface area contributed by atoms with Gasteiger partial charge < -0.3 is 14.6 Å². The van der Waals surface area contributed by atoms with E-state index in [9.17, 15) is 5.11 Å². The van der Waals surface area contributed by atoms with E-state index in [1.165, 1.54) is 0 Å². The van der Waals surface area contributed by atoms with Crippen LogP contribution in [-0.4, -0.2) is 62.2 Å². The molecule has 4 nitrogen and oxygen atoms in total. The molecule has 1 N–H and O–H groups in total. The van der Waals surface area contributed by atoms with Crippen LogP contribution in [-0.2, 0) is 9.47 Å². The third-order valence-electron chi connectivity index (χ3n) is 3.40. The number of rotatable bonds is 7. The molecule has 0 amide bonds. The van der Waals surface area contributed by atoms with Crippen LogP contribution >= 0.6 is 0 Å². The standard InChI is InChI=1S/C12H25NO3/c1-10(9-16-3)13(7-8-15-2)11-5-4-6-12(11)14/h10-12,14H,4-9H2,1-3H3/t10?,11-,12-/m0/s1. The second kappa shape index (κ2) is 7.22. The quantitative estimate of drug-likeness (QED) is 0.706. The number of hydrogen-bond donors (Lipinski definition) is 1. The number of aliphatic hydroxyl groups excluding tert-OH is 1. The molecular formula is C12H25NO3. The Morgan fingerprint density at radius 1 is 1.31 bits per heavy atom. The molecule has 96 valence electrons. The first kappa shape index (κ1) is 13.9. The summed E-state index contributed by atoms with van der Waals surface area (Å²) in [5.74, 6) is 0. The molecule has 1 unspecified atom stereocenters. The Morgan fingerprint density at radius 2 is 2.06 bits per heavy atom. The number of hydrogen-bond acceptors (Lipinski definition) is 4. The van der Waals surface area contributed by atoms with Gasteiger partial charge in [-0.3, -0.25) is 4.90 Å². The van der Waals surface area contributed by atoms with E-state index >= 15 is 0 Å². The van der Waals surface area contributed by atoms with Gasteiger partial charge in [-0.15, -0.1) is 0 Å². The van der Waals surface area contributed by atoms with Gasteiger partial charge in [-0.1, -0.05) is 0 Å². The first-order chi connectivity index (χ1) is 7.70. The summed E-state index contributed by atoms with van der Waals surface area (Å²) in [5, 5.41) is 9.95. The van der Waals surface area contributed by atoms with Crippen molar-refractivity contribution >= 4 is 0 Å². The molecule has 0 aliphatic heterocycles. The topological polar surface area (TPSA) is 41.9 Å². The highest BCUT2D eigenvalue weighted by Crippen LogP contribution is 2.25. The molecule has 0 saturated heterocycles. The Balaban J connectivity index is 2.54. The molecule has 1 rings (SSSR count). The van der Waals surface area contributed by atoms with Crippen LogP contribution in [0.5, 0.6) is 0 Å². The first-order valence-corrected chi connectivity index (χ1v) is 6.12. The third kappa shape index (κ3) is 3.70. The molecule has 1 aliphatic carbocycles. The fraction of sp³-hybridized carbons (Fsp3) is 1.00. The number of nitrogens with zero attached hydrogens (tertiary/aromatic N) is 1. The van der Waals surface area contributed by atoms with Crippen molar-refractivity contribution in [3.05, 3.63) is 0 Å². The molecule has 0 aromatic heterocycles. The molecule has 16 heavy (non-hydrogen) atoms. The first-order valence-electron chi connectivity index (χ1n) is 6.12. The van der Waals surface area contributed by atoms with E-state index in [-0.39, 0.29) is 12.1 Å². The lowest BCUT2D eigenvalue weighted by atomic mass is 10.1. The van der Waals surface area contributed by atoms with Crippen molar-refractivity contribution in [3.8, 4) is 0 Å².